The van der Waals surface area contributed by atoms with Crippen LogP contribution in [0.2, 0.25) is 0 Å². The number of nitrogens with one attached hydrogen (secondary N) is 2. The van der Waals surface area contributed by atoms with Crippen molar-refractivity contribution in [3.05, 3.63) is 372 Å². The Kier molecular flexibility index (Phi) is 50.2. The molecule has 2 atom stereocenters. The fraction of sp³-hybridized carbons (Fsp3) is 0.300. The molecule has 30 heteroatoms. The number of anilines is 10. The van der Waals surface area contributed by atoms with E-state index in [9.17, 15) is 22.8 Å². The topological polar surface area (TPSA) is 285 Å². The molecule has 746 valence electrons. The Morgan fingerprint density at radius 3 is 0.900 bits per heavy atom. The predicted octanol–water partition coefficient (Wildman–Crippen LogP) is 20.8. The van der Waals surface area contributed by atoms with Crippen LogP contribution in [0, 0.1) is 279 Å². The fourth-order valence-electron chi connectivity index (χ4n) is 21.0. The van der Waals surface area contributed by atoms with Crippen LogP contribution in [0.25, 0.3) is 33.4 Å². The summed E-state index contributed by atoms with van der Waals surface area (Å²) in [5, 5.41) is 52.5. The fourth-order valence-corrected chi connectivity index (χ4v) is 21.0. The Bertz CT molecular complexity index is 7270. The average molecular weight is 2210 g/mol. The van der Waals surface area contributed by atoms with Crippen molar-refractivity contribution in [3.63, 3.8) is 0 Å². The number of fused-ring (bicyclic) bond motifs is 8. The molecular formula is C120H124F4K6N10O8P2. The number of hydrogen-bond donors (Lipinski definition) is 2. The Labute approximate surface area is 1060 Å². The van der Waals surface area contributed by atoms with Gasteiger partial charge in [0.15, 0.2) is 23.3 Å². The molecule has 0 saturated carbocycles. The molecule has 18 nitrogen and oxygen atoms in total. The molecule has 0 bridgehead atoms. The van der Waals surface area contributed by atoms with Crippen molar-refractivity contribution in [1.82, 2.24) is 15.0 Å². The van der Waals surface area contributed by atoms with E-state index in [1.807, 2.05) is 30.5 Å². The molecule has 0 amide bonds. The summed E-state index contributed by atoms with van der Waals surface area (Å²) in [6.07, 6.45) is 8.90. The maximum atomic E-state index is 13.4. The van der Waals surface area contributed by atoms with Gasteiger partial charge in [0.1, 0.15) is 0 Å². The van der Waals surface area contributed by atoms with Gasteiger partial charge in [-0.15, -0.1) is 0 Å². The molecule has 11 aromatic carbocycles. The van der Waals surface area contributed by atoms with Crippen LogP contribution in [0.15, 0.2) is 110 Å². The van der Waals surface area contributed by atoms with Crippen molar-refractivity contribution < 1.29 is 159 Å². The predicted molar refractivity (Wildman–Crippen MR) is 588 cm³/mol. The van der Waals surface area contributed by atoms with Crippen molar-refractivity contribution in [2.24, 2.45) is 0 Å². The Hall–Kier alpha value is -3.96. The molecule has 0 radical (unpaired) electrons. The van der Waals surface area contributed by atoms with Gasteiger partial charge in [0.05, 0.1) is 81.3 Å². The molecule has 4 aliphatic rings. The molecule has 2 N–H and O–H groups in total. The van der Waals surface area contributed by atoms with E-state index in [-0.39, 0.29) is 125 Å². The van der Waals surface area contributed by atoms with E-state index < -0.39 is 39.9 Å². The van der Waals surface area contributed by atoms with Gasteiger partial charge in [0.25, 0.3) is 0 Å². The van der Waals surface area contributed by atoms with Gasteiger partial charge in [-0.2, -0.15) is 20.2 Å². The number of rotatable bonds is 7. The molecule has 150 heavy (non-hydrogen) atoms. The first kappa shape index (κ1) is 131. The SMILES string of the molecule is Cc1c(C)c(C)c2c(c1C)Cc1c(C)c(C)c(C)c(C)c1N2.Cc1c(C)c(C)c2c(c1C)Cc1c(C)c(C)c(C)c(C)c1N2.Cc1c(C)c(C)c2c(c1C)Cc1c(C)c(C)c(C)c(C)c1N2c1nccc(-c2cccc(C#N)c2)c1N1c2c(C)c(C)c(C)c(C)c2Cc2c(C)c(C)c(C)c(C)c21.N#Cc1cccc(-c2ccnc(F)c2F)c1.N#Cc1ccccc1-c1c(F)cncc1F.O=[P+]([O-])O[O-].O=[P+]([O-])O[O-].[K+].[K+].[K][K].[K][K]. The number of nitrogens with zero attached hydrogens (tertiary/aromatic N) is 8. The minimum atomic E-state index is -3.15. The summed E-state index contributed by atoms with van der Waals surface area (Å²) in [6, 6.07) is 30.6. The Morgan fingerprint density at radius 1 is 0.327 bits per heavy atom. The van der Waals surface area contributed by atoms with Gasteiger partial charge in [0, 0.05) is 77.5 Å². The first-order valence-electron chi connectivity index (χ1n) is 49.8. The van der Waals surface area contributed by atoms with Crippen LogP contribution >= 0.6 is 16.5 Å². The standard InChI is InChI=1S/C54H58N4.2C21H27N.2C12H6F2N2.6K.2HO4P/c1-26-30(5)38(13)49-45(34(26)9)23-46-35(10)27(2)31(6)39(14)50(46)57(49)53-44(43-19-17-18-42(22-43)25-55)20-21-56-54(53)58-51-40(15)32(7)28(3)36(11)47(51)24-48-37(12)29(4)33(8)41(16)52(48)58;2*1-10-12(3)16(7)20-18(14(10)5)9-19-15(6)11(2)13(4)17(8)21(19)22-20;13-11-10(4-5-16-12(11)14)9-3-1-2-8(6-9)7-15;13-10-6-16-7-11(14)12(10)9-4-2-1-3-8(9)5-15;;;;;;;2*1-4-5(2)3/h17-22H,23-24H2,1-16H3;2*22H,9H2,1-8H3;1-6H;1-4,6-7H;;;;;;;2*1H/q;;;;;;;;;2*+1;;/p-2. The number of nitriles is 3. The summed E-state index contributed by atoms with van der Waals surface area (Å²) in [5.41, 5.74) is 71.0. The Morgan fingerprint density at radius 2 is 0.593 bits per heavy atom. The molecular weight excluding hydrogens is 2080 g/mol. The first-order valence-corrected chi connectivity index (χ1v) is 84.0. The van der Waals surface area contributed by atoms with E-state index in [0.29, 0.717) is 16.7 Å². The summed E-state index contributed by atoms with van der Waals surface area (Å²) in [4.78, 5) is 35.1. The summed E-state index contributed by atoms with van der Waals surface area (Å²) in [6.45, 7) is 72.9. The van der Waals surface area contributed by atoms with Crippen LogP contribution in [-0.2, 0) is 44.2 Å². The molecule has 4 aliphatic heterocycles. The van der Waals surface area contributed by atoms with E-state index in [1.165, 1.54) is 425 Å². The zero-order valence-corrected chi connectivity index (χ0v) is 115. The van der Waals surface area contributed by atoms with Gasteiger partial charge in [0.2, 0.25) is 5.95 Å². The molecule has 3 aromatic heterocycles. The summed E-state index contributed by atoms with van der Waals surface area (Å²) in [7, 11) is -6.31. The van der Waals surface area contributed by atoms with Crippen LogP contribution in [0.1, 0.15) is 239 Å². The summed E-state index contributed by atoms with van der Waals surface area (Å²) in [5.74, 6) is -2.79. The van der Waals surface area contributed by atoms with Crippen LogP contribution < -0.4 is 144 Å². The molecule has 0 saturated heterocycles. The molecule has 14 aromatic rings. The normalized spacial score (nSPS) is 11.7. The maximum absolute atomic E-state index is 13.4. The van der Waals surface area contributed by atoms with Gasteiger partial charge < -0.3 is 35.8 Å². The average Bonchev–Trinajstić information content (AvgIpc) is 0.693. The van der Waals surface area contributed by atoms with Crippen molar-refractivity contribution in [3.8, 4) is 51.6 Å². The van der Waals surface area contributed by atoms with Crippen molar-refractivity contribution >= 4 is 200 Å². The molecule has 2 unspecified atom stereocenters. The molecule has 18 rings (SSSR count). The van der Waals surface area contributed by atoms with Crippen molar-refractivity contribution in [2.45, 2.75) is 247 Å². The van der Waals surface area contributed by atoms with Crippen LogP contribution in [0.3, 0.4) is 0 Å². The minimum absolute atomic E-state index is 0. The monoisotopic (exact) mass is 2200 g/mol. The third-order valence-electron chi connectivity index (χ3n) is 32.3. The van der Waals surface area contributed by atoms with Crippen molar-refractivity contribution in [2.75, 3.05) is 20.4 Å². The zero-order chi connectivity index (χ0) is 110. The third-order valence-corrected chi connectivity index (χ3v) is 32.5. The van der Waals surface area contributed by atoms with Gasteiger partial charge in [-0.05, 0) is 507 Å². The number of halogens is 4. The second kappa shape index (κ2) is 57.4. The number of benzene rings is 11. The molecule has 0 aliphatic carbocycles. The third kappa shape index (κ3) is 26.9. The van der Waals surface area contributed by atoms with E-state index >= 15 is 0 Å². The first-order chi connectivity index (χ1) is 69.9. The second-order valence-corrected chi connectivity index (χ2v) is 39.7. The van der Waals surface area contributed by atoms with E-state index in [1.54, 1.807) is 30.3 Å². The van der Waals surface area contributed by atoms with E-state index in [2.05, 4.69) is 286 Å². The molecule has 0 fully saturated rings. The van der Waals surface area contributed by atoms with Crippen LogP contribution in [-0.4, -0.2) is 141 Å². The Balaban J connectivity index is 0.000000245. The van der Waals surface area contributed by atoms with Gasteiger partial charge >= 0.3 is 246 Å². The quantitative estimate of drug-likeness (QED) is 0.0374. The van der Waals surface area contributed by atoms with Gasteiger partial charge in [-0.25, -0.2) is 32.5 Å². The summed E-state index contributed by atoms with van der Waals surface area (Å²) < 4.78 is 75.8. The number of pyridine rings is 3. The van der Waals surface area contributed by atoms with Crippen molar-refractivity contribution in [1.29, 1.82) is 15.8 Å². The zero-order valence-electron chi connectivity index (χ0n) is 94.5. The van der Waals surface area contributed by atoms with E-state index in [4.69, 9.17) is 44.9 Å². The molecule has 7 heterocycles. The molecule has 0 spiro atoms. The van der Waals surface area contributed by atoms with Crippen LogP contribution in [0.5, 0.6) is 0 Å². The number of hydrogen-bond acceptors (Lipinski definition) is 18. The van der Waals surface area contributed by atoms with Crippen LogP contribution in [0.4, 0.5) is 74.6 Å². The van der Waals surface area contributed by atoms with Gasteiger partial charge in [-0.3, -0.25) is 9.88 Å². The van der Waals surface area contributed by atoms with E-state index in [0.717, 1.165) is 60.7 Å². The second-order valence-electron chi connectivity index (χ2n) is 38.5. The number of aromatic nitrogens is 3. The summed E-state index contributed by atoms with van der Waals surface area (Å²) >= 11 is 5.00. The van der Waals surface area contributed by atoms with Gasteiger partial charge in [-0.1, -0.05) is 42.5 Å².